The maximum Gasteiger partial charge on any atom is 0.242 e. The molecule has 1 aliphatic rings. The molecule has 302 valence electrons. The summed E-state index contributed by atoms with van der Waals surface area (Å²) in [5.41, 5.74) is 0.708. The van der Waals surface area contributed by atoms with Gasteiger partial charge in [-0.2, -0.15) is 0 Å². The Morgan fingerprint density at radius 2 is 1.62 bits per heavy atom. The van der Waals surface area contributed by atoms with E-state index in [-0.39, 0.29) is 54.5 Å². The molecular formula is C39H69N7O7. The van der Waals surface area contributed by atoms with Gasteiger partial charge in [0, 0.05) is 47.9 Å². The SMILES string of the molecule is CCC(C)C(C(CC(=O)N1CCC[C@H]1C(OC)[C@@H](C)C(=O)NC(C)[C@@H](O)c1ccccc1)OC)N(C)C(=O)CNC(=O)C(C(C)C)N(C)CCN(C)N. The minimum atomic E-state index is -0.878. The molecule has 5 N–H and O–H groups in total. The molecule has 0 radical (unpaired) electrons. The van der Waals surface area contributed by atoms with Crippen LogP contribution in [0.4, 0.5) is 0 Å². The van der Waals surface area contributed by atoms with Crippen LogP contribution < -0.4 is 16.5 Å². The van der Waals surface area contributed by atoms with Crippen LogP contribution in [-0.4, -0.2) is 146 Å². The van der Waals surface area contributed by atoms with E-state index >= 15 is 0 Å². The van der Waals surface area contributed by atoms with E-state index in [9.17, 15) is 24.3 Å². The fourth-order valence-electron chi connectivity index (χ4n) is 7.56. The van der Waals surface area contributed by atoms with Crippen LogP contribution in [0.15, 0.2) is 30.3 Å². The Morgan fingerprint density at radius 1 is 0.981 bits per heavy atom. The maximum atomic E-state index is 14.1. The largest absolute Gasteiger partial charge is 0.386 e. The van der Waals surface area contributed by atoms with Gasteiger partial charge in [0.25, 0.3) is 0 Å². The van der Waals surface area contributed by atoms with E-state index in [1.807, 2.05) is 70.0 Å². The van der Waals surface area contributed by atoms with Crippen molar-refractivity contribution in [2.45, 2.75) is 110 Å². The number of carbonyl (C=O) groups is 4. The standard InChI is InChI=1S/C39H69N7O7/c1-12-26(4)35(45(9)33(48)24-41-39(51)34(25(2)3)43(7)21-22-44(8)40)31(52-10)23-32(47)46-20-16-19-30(46)37(53-11)27(5)38(50)42-28(6)36(49)29-17-14-13-15-18-29/h13-15,17-18,25-28,30-31,34-37,49H,12,16,19-24,40H2,1-11H3,(H,41,51)(H,42,50)/t26?,27-,28?,30+,31?,34?,35?,36-,37?/m1/s1. The first kappa shape index (κ1) is 46.0. The number of carbonyl (C=O) groups excluding carboxylic acids is 4. The van der Waals surface area contributed by atoms with Gasteiger partial charge in [-0.1, -0.05) is 71.4 Å². The first-order chi connectivity index (χ1) is 25.0. The molecule has 0 spiro atoms. The van der Waals surface area contributed by atoms with E-state index in [0.717, 1.165) is 12.8 Å². The minimum Gasteiger partial charge on any atom is -0.386 e. The van der Waals surface area contributed by atoms with Crippen molar-refractivity contribution in [1.82, 2.24) is 30.3 Å². The Morgan fingerprint density at radius 3 is 2.17 bits per heavy atom. The number of aliphatic hydroxyl groups is 1. The number of benzene rings is 1. The highest BCUT2D eigenvalue weighted by molar-refractivity contribution is 5.88. The average molecular weight is 748 g/mol. The second kappa shape index (κ2) is 22.3. The molecule has 1 aliphatic heterocycles. The smallest absolute Gasteiger partial charge is 0.242 e. The summed E-state index contributed by atoms with van der Waals surface area (Å²) in [6.45, 7) is 13.0. The van der Waals surface area contributed by atoms with Crippen molar-refractivity contribution in [3.05, 3.63) is 35.9 Å². The van der Waals surface area contributed by atoms with Crippen LogP contribution in [0.5, 0.6) is 0 Å². The molecule has 1 saturated heterocycles. The van der Waals surface area contributed by atoms with Crippen LogP contribution in [-0.2, 0) is 28.7 Å². The number of rotatable bonds is 22. The van der Waals surface area contributed by atoms with Gasteiger partial charge in [0.05, 0.1) is 61.4 Å². The number of likely N-dealkylation sites (tertiary alicyclic amines) is 1. The third kappa shape index (κ3) is 13.0. The molecule has 1 aromatic rings. The van der Waals surface area contributed by atoms with Gasteiger partial charge in [-0.15, -0.1) is 0 Å². The van der Waals surface area contributed by atoms with Gasteiger partial charge in [0.1, 0.15) is 0 Å². The predicted octanol–water partition coefficient (Wildman–Crippen LogP) is 2.02. The second-order valence-electron chi connectivity index (χ2n) is 15.2. The molecule has 14 heteroatoms. The number of hydrazine groups is 1. The molecule has 1 heterocycles. The van der Waals surface area contributed by atoms with Crippen molar-refractivity contribution in [1.29, 1.82) is 0 Å². The van der Waals surface area contributed by atoms with Crippen LogP contribution in [0.1, 0.15) is 78.9 Å². The molecule has 2 rings (SSSR count). The normalized spacial score (nSPS) is 19.3. The summed E-state index contributed by atoms with van der Waals surface area (Å²) in [7, 11) is 8.43. The van der Waals surface area contributed by atoms with Crippen molar-refractivity contribution in [2.75, 3.05) is 61.5 Å². The van der Waals surface area contributed by atoms with Crippen LogP contribution in [0.25, 0.3) is 0 Å². The van der Waals surface area contributed by atoms with Crippen LogP contribution >= 0.6 is 0 Å². The summed E-state index contributed by atoms with van der Waals surface area (Å²) < 4.78 is 11.8. The Bertz CT molecular complexity index is 1290. The van der Waals surface area contributed by atoms with E-state index in [2.05, 4.69) is 10.6 Å². The zero-order valence-corrected chi connectivity index (χ0v) is 34.1. The number of nitrogens with one attached hydrogen (secondary N) is 2. The summed E-state index contributed by atoms with van der Waals surface area (Å²) in [5, 5.41) is 18.2. The Hall–Kier alpha value is -3.14. The number of hydrogen-bond acceptors (Lipinski definition) is 10. The molecular weight excluding hydrogens is 678 g/mol. The van der Waals surface area contributed by atoms with Gasteiger partial charge < -0.3 is 35.0 Å². The Labute approximate surface area is 318 Å². The molecule has 4 amide bonds. The number of nitrogens with zero attached hydrogens (tertiary/aromatic N) is 4. The van der Waals surface area contributed by atoms with Crippen LogP contribution in [0, 0.1) is 17.8 Å². The third-order valence-corrected chi connectivity index (χ3v) is 10.9. The highest BCUT2D eigenvalue weighted by Crippen LogP contribution is 2.29. The number of aliphatic hydroxyl groups excluding tert-OH is 1. The summed E-state index contributed by atoms with van der Waals surface area (Å²) >= 11 is 0. The van der Waals surface area contributed by atoms with Crippen molar-refractivity contribution in [3.63, 3.8) is 0 Å². The van der Waals surface area contributed by atoms with E-state index in [1.165, 1.54) is 0 Å². The molecule has 1 fully saturated rings. The van der Waals surface area contributed by atoms with Crippen molar-refractivity contribution in [2.24, 2.45) is 23.6 Å². The lowest BCUT2D eigenvalue weighted by atomic mass is 9.90. The van der Waals surface area contributed by atoms with E-state index in [0.29, 0.717) is 31.6 Å². The fourth-order valence-corrected chi connectivity index (χ4v) is 7.56. The molecule has 0 aromatic heterocycles. The highest BCUT2D eigenvalue weighted by atomic mass is 16.5. The van der Waals surface area contributed by atoms with Crippen LogP contribution in [0.3, 0.4) is 0 Å². The molecule has 0 saturated carbocycles. The van der Waals surface area contributed by atoms with Crippen LogP contribution in [0.2, 0.25) is 0 Å². The van der Waals surface area contributed by atoms with E-state index in [1.54, 1.807) is 57.0 Å². The number of amides is 4. The quantitative estimate of drug-likeness (QED) is 0.102. The summed E-state index contributed by atoms with van der Waals surface area (Å²) in [5.74, 6) is 4.23. The number of ether oxygens (including phenoxy) is 2. The fraction of sp³-hybridized carbons (Fsp3) is 0.744. The molecule has 0 aliphatic carbocycles. The van der Waals surface area contributed by atoms with Crippen molar-refractivity contribution < 1.29 is 33.8 Å². The predicted molar refractivity (Wildman–Crippen MR) is 206 cm³/mol. The molecule has 14 nitrogen and oxygen atoms in total. The van der Waals surface area contributed by atoms with Gasteiger partial charge in [0.2, 0.25) is 23.6 Å². The first-order valence-corrected chi connectivity index (χ1v) is 19.1. The monoisotopic (exact) mass is 748 g/mol. The van der Waals surface area contributed by atoms with Crippen molar-refractivity contribution >= 4 is 23.6 Å². The minimum absolute atomic E-state index is 0.00764. The molecule has 1 aromatic carbocycles. The number of hydrogen-bond donors (Lipinski definition) is 4. The molecule has 6 unspecified atom stereocenters. The topological polar surface area (TPSA) is 170 Å². The number of likely N-dealkylation sites (N-methyl/N-ethyl adjacent to an activating group) is 3. The zero-order valence-electron chi connectivity index (χ0n) is 34.1. The van der Waals surface area contributed by atoms with Gasteiger partial charge in [0.15, 0.2) is 0 Å². The Balaban J connectivity index is 2.14. The molecule has 0 bridgehead atoms. The highest BCUT2D eigenvalue weighted by Gasteiger charge is 2.42. The third-order valence-electron chi connectivity index (χ3n) is 10.9. The van der Waals surface area contributed by atoms with Gasteiger partial charge >= 0.3 is 0 Å². The van der Waals surface area contributed by atoms with Crippen molar-refractivity contribution in [3.8, 4) is 0 Å². The first-order valence-electron chi connectivity index (χ1n) is 19.1. The van der Waals surface area contributed by atoms with E-state index < -0.39 is 42.4 Å². The molecule has 9 atom stereocenters. The van der Waals surface area contributed by atoms with E-state index in [4.69, 9.17) is 15.3 Å². The van der Waals surface area contributed by atoms with Gasteiger partial charge in [-0.3, -0.25) is 29.9 Å². The van der Waals surface area contributed by atoms with Gasteiger partial charge in [-0.25, -0.2) is 5.01 Å². The molecule has 53 heavy (non-hydrogen) atoms. The maximum absolute atomic E-state index is 14.1. The second-order valence-corrected chi connectivity index (χ2v) is 15.2. The number of nitrogens with two attached hydrogens (primary N) is 1. The summed E-state index contributed by atoms with van der Waals surface area (Å²) in [6, 6.07) is 7.41. The van der Waals surface area contributed by atoms with Gasteiger partial charge in [-0.05, 0) is 44.2 Å². The zero-order chi connectivity index (χ0) is 40.0. The summed E-state index contributed by atoms with van der Waals surface area (Å²) in [6.07, 6.45) is 0.119. The lowest BCUT2D eigenvalue weighted by molar-refractivity contribution is -0.146. The lowest BCUT2D eigenvalue weighted by Gasteiger charge is -2.39. The average Bonchev–Trinajstić information content (AvgIpc) is 3.62. The summed E-state index contributed by atoms with van der Waals surface area (Å²) in [4.78, 5) is 59.7. The lowest BCUT2D eigenvalue weighted by Crippen LogP contribution is -2.55. The number of methoxy groups -OCH3 is 2. The Kier molecular flexibility index (Phi) is 19.4.